The van der Waals surface area contributed by atoms with E-state index >= 15 is 0 Å². The number of allylic oxidation sites excluding steroid dienone is 4. The summed E-state index contributed by atoms with van der Waals surface area (Å²) in [6.45, 7) is 25.4. The van der Waals surface area contributed by atoms with Crippen LogP contribution in [0.25, 0.3) is 44.2 Å². The van der Waals surface area contributed by atoms with Gasteiger partial charge >= 0.3 is 0 Å². The van der Waals surface area contributed by atoms with E-state index in [1.54, 1.807) is 0 Å². The van der Waals surface area contributed by atoms with Crippen LogP contribution in [-0.2, 0) is 5.41 Å². The van der Waals surface area contributed by atoms with Gasteiger partial charge in [-0.15, -0.1) is 0 Å². The van der Waals surface area contributed by atoms with Crippen molar-refractivity contribution in [2.24, 2.45) is 10.8 Å². The smallest absolute Gasteiger partial charge is 0.239 e. The fourth-order valence-electron chi connectivity index (χ4n) is 11.7. The first-order valence-corrected chi connectivity index (χ1v) is 27.4. The molecule has 0 bridgehead atoms. The van der Waals surface area contributed by atoms with E-state index in [4.69, 9.17) is 4.42 Å². The lowest BCUT2D eigenvalue weighted by atomic mass is 9.34. The van der Waals surface area contributed by atoms with Gasteiger partial charge in [0.05, 0.1) is 11.7 Å². The third-order valence-corrected chi connectivity index (χ3v) is 16.2. The lowest BCUT2D eigenvalue weighted by molar-refractivity contribution is 0.466. The molecule has 1 aromatic heterocycles. The molecule has 8 aromatic carbocycles. The predicted octanol–water partition coefficient (Wildman–Crippen LogP) is 19.2. The Morgan fingerprint density at radius 1 is 0.597 bits per heavy atom. The van der Waals surface area contributed by atoms with Crippen molar-refractivity contribution in [1.29, 1.82) is 0 Å². The molecule has 1 unspecified atom stereocenters. The summed E-state index contributed by atoms with van der Waals surface area (Å²) in [6, 6.07) is 71.2. The molecule has 0 N–H and O–H groups in total. The number of benzene rings is 8. The third-order valence-electron chi connectivity index (χ3n) is 16.2. The summed E-state index contributed by atoms with van der Waals surface area (Å²) in [5.74, 6) is 2.54. The first-order valence-electron chi connectivity index (χ1n) is 27.4. The van der Waals surface area contributed by atoms with Crippen molar-refractivity contribution in [3.05, 3.63) is 258 Å². The zero-order valence-electron chi connectivity index (χ0n) is 46.1. The van der Waals surface area contributed by atoms with E-state index in [0.717, 1.165) is 67.9 Å². The summed E-state index contributed by atoms with van der Waals surface area (Å²) in [5.41, 5.74) is 22.0. The monoisotopic (exact) mass is 1000 g/mol. The average molecular weight is 1000 g/mol. The number of furan rings is 1. The second-order valence-corrected chi connectivity index (χ2v) is 24.3. The van der Waals surface area contributed by atoms with Gasteiger partial charge in [-0.2, -0.15) is 0 Å². The van der Waals surface area contributed by atoms with Crippen LogP contribution in [0, 0.1) is 10.8 Å². The maximum atomic E-state index is 6.24. The van der Waals surface area contributed by atoms with Crippen LogP contribution in [0.15, 0.2) is 257 Å². The van der Waals surface area contributed by atoms with Crippen LogP contribution in [0.4, 0.5) is 34.1 Å². The molecule has 12 rings (SSSR count). The largest absolute Gasteiger partial charge is 0.456 e. The summed E-state index contributed by atoms with van der Waals surface area (Å²) in [5, 5.41) is 2.27. The molecule has 3 aliphatic rings. The van der Waals surface area contributed by atoms with E-state index in [9.17, 15) is 0 Å². The van der Waals surface area contributed by atoms with Crippen LogP contribution in [-0.4, -0.2) is 12.8 Å². The Labute approximate surface area is 456 Å². The van der Waals surface area contributed by atoms with Gasteiger partial charge in [0, 0.05) is 56.2 Å². The minimum absolute atomic E-state index is 0.00159. The van der Waals surface area contributed by atoms with Gasteiger partial charge in [-0.3, -0.25) is 0 Å². The number of hydrogen-bond donors (Lipinski definition) is 0. The normalized spacial score (nSPS) is 15.7. The summed E-state index contributed by atoms with van der Waals surface area (Å²) < 4.78 is 6.24. The van der Waals surface area contributed by atoms with E-state index in [1.807, 2.05) is 12.1 Å². The number of anilines is 6. The Morgan fingerprint density at radius 2 is 1.25 bits per heavy atom. The average Bonchev–Trinajstić information content (AvgIpc) is 3.81. The molecule has 380 valence electrons. The van der Waals surface area contributed by atoms with Crippen molar-refractivity contribution in [2.45, 2.75) is 80.2 Å². The van der Waals surface area contributed by atoms with Crippen LogP contribution in [0.5, 0.6) is 0 Å². The van der Waals surface area contributed by atoms with E-state index in [-0.39, 0.29) is 29.0 Å². The standard InChI is InChI=1S/C72H68BN3O/c1-48(70(2,3)4)29-35-58-47-73-62-41-40-57(74(54-23-15-12-16-24-54)63-27-19-17-25-59(63)50-21-13-11-14-22-50)46-64(62)76(56-38-33-52(34-39-56)71(5,6)7)66-45-53(72(8,9)10)44-65(69(66)73)75(58)55-36-30-49(31-37-55)51-32-42-68-61(43-51)60-26-18-20-28-67(60)77-68/h11-43,45-47,65H,1,44H2,2-10H3/b35-29-. The number of nitrogens with zero attached hydrogens (tertiary/aromatic N) is 3. The molecule has 9 aromatic rings. The van der Waals surface area contributed by atoms with Crippen LogP contribution in [0.1, 0.15) is 74.3 Å². The molecule has 0 spiro atoms. The van der Waals surface area contributed by atoms with E-state index < -0.39 is 0 Å². The Balaban J connectivity index is 1.08. The van der Waals surface area contributed by atoms with Crippen LogP contribution >= 0.6 is 0 Å². The van der Waals surface area contributed by atoms with E-state index in [2.05, 4.69) is 290 Å². The minimum Gasteiger partial charge on any atom is -0.456 e. The molecule has 0 saturated heterocycles. The van der Waals surface area contributed by atoms with Gasteiger partial charge in [-0.25, -0.2) is 0 Å². The highest BCUT2D eigenvalue weighted by molar-refractivity contribution is 6.86. The molecule has 4 nitrogen and oxygen atoms in total. The molecule has 77 heavy (non-hydrogen) atoms. The highest BCUT2D eigenvalue weighted by Crippen LogP contribution is 2.51. The number of rotatable bonds is 9. The first-order chi connectivity index (χ1) is 37.0. The zero-order valence-corrected chi connectivity index (χ0v) is 46.1. The molecular formula is C72H68BN3O. The SMILES string of the molecule is C=C(/C=C\C1=CB2C3=C(C=C(C(C)(C)C)CC3N1c1ccc(-c3ccc4oc5ccccc5c4c3)cc1)N(c1ccc(C(C)(C)C)cc1)c1cc(N(c3ccccc3)c3ccccc3-c3ccccc3)ccc12)C(C)(C)C. The van der Waals surface area contributed by atoms with Crippen LogP contribution in [0.3, 0.4) is 0 Å². The molecule has 0 amide bonds. The molecular weight excluding hydrogens is 934 g/mol. The fourth-order valence-corrected chi connectivity index (χ4v) is 11.7. The highest BCUT2D eigenvalue weighted by atomic mass is 16.3. The maximum Gasteiger partial charge on any atom is 0.239 e. The van der Waals surface area contributed by atoms with Gasteiger partial charge in [0.1, 0.15) is 11.2 Å². The van der Waals surface area contributed by atoms with Gasteiger partial charge in [-0.1, -0.05) is 208 Å². The second kappa shape index (κ2) is 19.1. The Morgan fingerprint density at radius 3 is 1.96 bits per heavy atom. The van der Waals surface area contributed by atoms with Gasteiger partial charge in [0.25, 0.3) is 0 Å². The highest BCUT2D eigenvalue weighted by Gasteiger charge is 2.47. The van der Waals surface area contributed by atoms with Crippen molar-refractivity contribution >= 4 is 68.2 Å². The van der Waals surface area contributed by atoms with Gasteiger partial charge in [0.2, 0.25) is 6.71 Å². The van der Waals surface area contributed by atoms with Crippen molar-refractivity contribution in [3.63, 3.8) is 0 Å². The maximum absolute atomic E-state index is 6.24. The molecule has 5 heteroatoms. The Kier molecular flexibility index (Phi) is 12.3. The van der Waals surface area contributed by atoms with Gasteiger partial charge in [0.15, 0.2) is 0 Å². The summed E-state index contributed by atoms with van der Waals surface area (Å²) in [4.78, 5) is 7.66. The van der Waals surface area contributed by atoms with Crippen LogP contribution in [0.2, 0.25) is 0 Å². The molecule has 0 saturated carbocycles. The number of fused-ring (bicyclic) bond motifs is 5. The van der Waals surface area contributed by atoms with Crippen molar-refractivity contribution in [2.75, 3.05) is 14.7 Å². The summed E-state index contributed by atoms with van der Waals surface area (Å²) >= 11 is 0. The minimum atomic E-state index is -0.105. The van der Waals surface area contributed by atoms with Gasteiger partial charge < -0.3 is 19.1 Å². The van der Waals surface area contributed by atoms with Crippen molar-refractivity contribution < 1.29 is 4.42 Å². The Bertz CT molecular complexity index is 3850. The van der Waals surface area contributed by atoms with E-state index in [1.165, 1.54) is 55.8 Å². The summed E-state index contributed by atoms with van der Waals surface area (Å²) in [7, 11) is 0. The van der Waals surface area contributed by atoms with Crippen LogP contribution < -0.4 is 20.2 Å². The fraction of sp³-hybridized carbons (Fsp3) is 0.194. The molecule has 0 fully saturated rings. The Hall–Kier alpha value is -8.28. The molecule has 3 heterocycles. The van der Waals surface area contributed by atoms with Crippen molar-refractivity contribution in [3.8, 4) is 22.3 Å². The molecule has 2 aliphatic heterocycles. The first kappa shape index (κ1) is 49.6. The lowest BCUT2D eigenvalue weighted by Crippen LogP contribution is -2.55. The van der Waals surface area contributed by atoms with E-state index in [0.29, 0.717) is 0 Å². The predicted molar refractivity (Wildman–Crippen MR) is 330 cm³/mol. The molecule has 1 aliphatic carbocycles. The number of para-hydroxylation sites is 3. The quantitative estimate of drug-likeness (QED) is 0.106. The van der Waals surface area contributed by atoms with Gasteiger partial charge in [-0.05, 0) is 146 Å². The topological polar surface area (TPSA) is 22.9 Å². The summed E-state index contributed by atoms with van der Waals surface area (Å²) in [6.07, 6.45) is 8.04. The lowest BCUT2D eigenvalue weighted by Gasteiger charge is -2.50. The zero-order chi connectivity index (χ0) is 53.4. The molecule has 0 radical (unpaired) electrons. The number of hydrogen-bond acceptors (Lipinski definition) is 4. The second-order valence-electron chi connectivity index (χ2n) is 24.3. The molecule has 1 atom stereocenters. The third kappa shape index (κ3) is 9.16. The van der Waals surface area contributed by atoms with Crippen molar-refractivity contribution in [1.82, 2.24) is 0 Å².